The number of imide groups is 1. The molecule has 6 nitrogen and oxygen atoms in total. The smallest absolute Gasteiger partial charge is 0.263 e. The van der Waals surface area contributed by atoms with Gasteiger partial charge in [0, 0.05) is 0 Å². The molecule has 2 heterocycles. The summed E-state index contributed by atoms with van der Waals surface area (Å²) in [7, 11) is 0. The van der Waals surface area contributed by atoms with Gasteiger partial charge in [0.05, 0.1) is 11.4 Å². The van der Waals surface area contributed by atoms with Crippen molar-refractivity contribution in [2.75, 3.05) is 9.91 Å². The number of rotatable bonds is 2. The van der Waals surface area contributed by atoms with E-state index in [1.807, 2.05) is 58.0 Å². The quantitative estimate of drug-likeness (QED) is 0.781. The molecule has 2 aliphatic rings. The highest BCUT2D eigenvalue weighted by molar-refractivity contribution is 6.26. The lowest BCUT2D eigenvalue weighted by Crippen LogP contribution is -2.40. The molecule has 0 radical (unpaired) electrons. The van der Waals surface area contributed by atoms with Crippen LogP contribution in [-0.4, -0.2) is 23.9 Å². The number of carbonyl (C=O) groups is 2. The summed E-state index contributed by atoms with van der Waals surface area (Å²) in [6, 6.07) is 10.2. The van der Waals surface area contributed by atoms with Gasteiger partial charge in [-0.25, -0.2) is 9.91 Å². The van der Waals surface area contributed by atoms with Gasteiger partial charge in [0.1, 0.15) is 0 Å². The average molecular weight is 348 g/mol. The zero-order valence-corrected chi connectivity index (χ0v) is 15.2. The Balaban J connectivity index is 1.74. The van der Waals surface area contributed by atoms with Crippen molar-refractivity contribution < 1.29 is 9.59 Å². The van der Waals surface area contributed by atoms with Crippen LogP contribution in [-0.2, 0) is 9.59 Å². The van der Waals surface area contributed by atoms with E-state index in [1.54, 1.807) is 5.01 Å². The largest absolute Gasteiger partial charge is 0.271 e. The lowest BCUT2D eigenvalue weighted by atomic mass is 10.1. The third kappa shape index (κ3) is 2.49. The van der Waals surface area contributed by atoms with Gasteiger partial charge in [-0.05, 0) is 74.2 Å². The summed E-state index contributed by atoms with van der Waals surface area (Å²) in [4.78, 5) is 27.2. The minimum Gasteiger partial charge on any atom is -0.271 e. The Labute approximate surface area is 152 Å². The van der Waals surface area contributed by atoms with Crippen LogP contribution in [0.2, 0.25) is 0 Å². The first kappa shape index (κ1) is 16.4. The van der Waals surface area contributed by atoms with E-state index in [1.165, 1.54) is 4.90 Å². The summed E-state index contributed by atoms with van der Waals surface area (Å²) in [5.41, 5.74) is 5.53. The van der Waals surface area contributed by atoms with Crippen LogP contribution in [0.5, 0.6) is 0 Å². The number of aryl methyl sites for hydroxylation is 4. The van der Waals surface area contributed by atoms with Gasteiger partial charge >= 0.3 is 0 Å². The number of hydrogen-bond donors (Lipinski definition) is 0. The number of hydrogen-bond acceptors (Lipinski definition) is 5. The molecule has 2 atom stereocenters. The molecule has 6 heteroatoms. The molecule has 1 saturated heterocycles. The van der Waals surface area contributed by atoms with Crippen molar-refractivity contribution >= 4 is 23.2 Å². The van der Waals surface area contributed by atoms with Gasteiger partial charge in [-0.2, -0.15) is 5.11 Å². The molecule has 0 aromatic heterocycles. The van der Waals surface area contributed by atoms with Crippen LogP contribution >= 0.6 is 0 Å². The molecule has 2 aromatic carbocycles. The van der Waals surface area contributed by atoms with Crippen molar-refractivity contribution in [3.63, 3.8) is 0 Å². The molecule has 0 saturated carbocycles. The van der Waals surface area contributed by atoms with Gasteiger partial charge in [0.2, 0.25) is 0 Å². The molecule has 2 amide bonds. The summed E-state index contributed by atoms with van der Waals surface area (Å²) >= 11 is 0. The van der Waals surface area contributed by atoms with E-state index in [2.05, 4.69) is 16.4 Å². The zero-order valence-electron chi connectivity index (χ0n) is 15.2. The topological polar surface area (TPSA) is 65.3 Å². The third-order valence-corrected chi connectivity index (χ3v) is 4.72. The van der Waals surface area contributed by atoms with E-state index in [0.29, 0.717) is 5.69 Å². The standard InChI is InChI=1S/C20H20N4O2/c1-11-5-12(2)8-15(7-11)23-19(25)17-18(20(23)26)24(22-21-17)16-9-13(3)6-14(4)10-16/h5-10,17-18H,1-4H3/t17-,18+/m0/s1. The normalized spacial score (nSPS) is 21.7. The average Bonchev–Trinajstić information content (AvgIpc) is 3.06. The number of nitrogens with zero attached hydrogens (tertiary/aromatic N) is 4. The monoisotopic (exact) mass is 348 g/mol. The second-order valence-corrected chi connectivity index (χ2v) is 7.14. The van der Waals surface area contributed by atoms with Gasteiger partial charge < -0.3 is 0 Å². The maximum atomic E-state index is 13.1. The first-order chi connectivity index (χ1) is 12.3. The van der Waals surface area contributed by atoms with Gasteiger partial charge in [-0.3, -0.25) is 9.59 Å². The molecule has 2 aliphatic heterocycles. The lowest BCUT2D eigenvalue weighted by Gasteiger charge is -2.21. The van der Waals surface area contributed by atoms with Gasteiger partial charge in [-0.1, -0.05) is 17.4 Å². The van der Waals surface area contributed by atoms with Crippen LogP contribution in [0.15, 0.2) is 46.7 Å². The van der Waals surface area contributed by atoms with E-state index in [-0.39, 0.29) is 11.8 Å². The van der Waals surface area contributed by atoms with Gasteiger partial charge in [0.15, 0.2) is 12.1 Å². The van der Waals surface area contributed by atoms with Gasteiger partial charge in [-0.15, -0.1) is 0 Å². The first-order valence-electron chi connectivity index (χ1n) is 8.59. The summed E-state index contributed by atoms with van der Waals surface area (Å²) in [5.74, 6) is -0.602. The molecule has 0 unspecified atom stereocenters. The van der Waals surface area contributed by atoms with Crippen LogP contribution in [0.3, 0.4) is 0 Å². The predicted molar refractivity (Wildman–Crippen MR) is 99.2 cm³/mol. The fourth-order valence-electron chi connectivity index (χ4n) is 3.79. The Morgan fingerprint density at radius 1 is 0.731 bits per heavy atom. The zero-order chi connectivity index (χ0) is 18.6. The molecule has 0 spiro atoms. The molecule has 0 bridgehead atoms. The molecule has 2 aromatic rings. The highest BCUT2D eigenvalue weighted by Crippen LogP contribution is 2.36. The molecular weight excluding hydrogens is 328 g/mol. The SMILES string of the molecule is Cc1cc(C)cc(N2C(=O)[C@H]3N=NN(c4cc(C)cc(C)c4)[C@H]3C2=O)c1. The molecule has 26 heavy (non-hydrogen) atoms. The van der Waals surface area contributed by atoms with Crippen molar-refractivity contribution in [2.24, 2.45) is 10.3 Å². The number of carbonyl (C=O) groups excluding carboxylic acids is 2. The van der Waals surface area contributed by atoms with Crippen molar-refractivity contribution in [3.05, 3.63) is 58.7 Å². The molecule has 1 fully saturated rings. The second-order valence-electron chi connectivity index (χ2n) is 7.14. The number of fused-ring (bicyclic) bond motifs is 1. The fraction of sp³-hybridized carbons (Fsp3) is 0.300. The molecule has 0 aliphatic carbocycles. The van der Waals surface area contributed by atoms with Crippen molar-refractivity contribution in [1.82, 2.24) is 0 Å². The van der Waals surface area contributed by atoms with Gasteiger partial charge in [0.25, 0.3) is 11.8 Å². The van der Waals surface area contributed by atoms with Crippen molar-refractivity contribution in [2.45, 2.75) is 39.8 Å². The summed E-state index contributed by atoms with van der Waals surface area (Å²) in [6.45, 7) is 7.88. The Morgan fingerprint density at radius 3 is 1.77 bits per heavy atom. The van der Waals surface area contributed by atoms with E-state index in [9.17, 15) is 9.59 Å². The maximum absolute atomic E-state index is 13.1. The van der Waals surface area contributed by atoms with Crippen LogP contribution in [0, 0.1) is 27.7 Å². The summed E-state index contributed by atoms with van der Waals surface area (Å²) < 4.78 is 0. The van der Waals surface area contributed by atoms with Crippen molar-refractivity contribution in [3.8, 4) is 0 Å². The Bertz CT molecular complexity index is 926. The van der Waals surface area contributed by atoms with E-state index in [4.69, 9.17) is 0 Å². The molecule has 132 valence electrons. The molecular formula is C20H20N4O2. The number of benzene rings is 2. The highest BCUT2D eigenvalue weighted by atomic mass is 16.2. The second kappa shape index (κ2) is 5.76. The highest BCUT2D eigenvalue weighted by Gasteiger charge is 2.55. The maximum Gasteiger partial charge on any atom is 0.263 e. The first-order valence-corrected chi connectivity index (χ1v) is 8.59. The Hall–Kier alpha value is -3.02. The predicted octanol–water partition coefficient (Wildman–Crippen LogP) is 3.42. The summed E-state index contributed by atoms with van der Waals surface area (Å²) in [6.07, 6.45) is 0. The Kier molecular flexibility index (Phi) is 3.64. The lowest BCUT2D eigenvalue weighted by molar-refractivity contribution is -0.121. The molecule has 4 rings (SSSR count). The minimum absolute atomic E-state index is 0.283. The number of anilines is 2. The van der Waals surface area contributed by atoms with Crippen LogP contribution in [0.25, 0.3) is 0 Å². The van der Waals surface area contributed by atoms with E-state index in [0.717, 1.165) is 27.9 Å². The number of amides is 2. The van der Waals surface area contributed by atoms with Crippen LogP contribution in [0.1, 0.15) is 22.3 Å². The summed E-state index contributed by atoms with van der Waals surface area (Å²) in [5, 5.41) is 9.81. The Morgan fingerprint density at radius 2 is 1.23 bits per heavy atom. The molecule has 0 N–H and O–H groups in total. The van der Waals surface area contributed by atoms with E-state index < -0.39 is 12.1 Å². The van der Waals surface area contributed by atoms with Crippen molar-refractivity contribution in [1.29, 1.82) is 0 Å². The third-order valence-electron chi connectivity index (χ3n) is 4.72. The van der Waals surface area contributed by atoms with Crippen LogP contribution < -0.4 is 9.91 Å². The minimum atomic E-state index is -0.788. The van der Waals surface area contributed by atoms with Crippen LogP contribution in [0.4, 0.5) is 11.4 Å². The fourth-order valence-corrected chi connectivity index (χ4v) is 3.79. The van der Waals surface area contributed by atoms with E-state index >= 15 is 0 Å².